The normalized spacial score (nSPS) is 11.1. The number of anilines is 2. The fraction of sp³-hybridized carbons (Fsp3) is 0.267. The quantitative estimate of drug-likeness (QED) is 0.890. The van der Waals surface area contributed by atoms with E-state index in [0.29, 0.717) is 5.82 Å². The number of hydrogen-bond donors (Lipinski definition) is 1. The van der Waals surface area contributed by atoms with E-state index in [1.807, 2.05) is 24.3 Å². The molecule has 2 aromatic rings. The molecule has 6 heteroatoms. The van der Waals surface area contributed by atoms with Crippen LogP contribution in [0.4, 0.5) is 11.5 Å². The van der Waals surface area contributed by atoms with Crippen molar-refractivity contribution >= 4 is 21.5 Å². The van der Waals surface area contributed by atoms with Gasteiger partial charge in [-0.15, -0.1) is 0 Å². The summed E-state index contributed by atoms with van der Waals surface area (Å²) >= 11 is 0. The Hall–Kier alpha value is -2.08. The van der Waals surface area contributed by atoms with Gasteiger partial charge in [0.25, 0.3) is 0 Å². The molecule has 1 heterocycles. The lowest BCUT2D eigenvalue weighted by Crippen LogP contribution is -2.22. The highest BCUT2D eigenvalue weighted by molar-refractivity contribution is 7.92. The van der Waals surface area contributed by atoms with Crippen molar-refractivity contribution in [2.75, 3.05) is 22.4 Å². The number of nitrogens with one attached hydrogen (secondary N) is 1. The lowest BCUT2D eigenvalue weighted by Gasteiger charge is -2.23. The Balaban J connectivity index is 2.12. The Morgan fingerprint density at radius 3 is 2.38 bits per heavy atom. The average Bonchev–Trinajstić information content (AvgIpc) is 2.45. The molecule has 1 aromatic carbocycles. The van der Waals surface area contributed by atoms with E-state index in [1.54, 1.807) is 12.3 Å². The van der Waals surface area contributed by atoms with Crippen molar-refractivity contribution < 1.29 is 8.42 Å². The minimum absolute atomic E-state index is 0.331. The highest BCUT2D eigenvalue weighted by Crippen LogP contribution is 2.18. The van der Waals surface area contributed by atoms with Crippen molar-refractivity contribution in [2.24, 2.45) is 0 Å². The van der Waals surface area contributed by atoms with Gasteiger partial charge in [0.2, 0.25) is 10.0 Å². The fourth-order valence-electron chi connectivity index (χ4n) is 2.01. The second kappa shape index (κ2) is 6.58. The molecule has 0 saturated heterocycles. The largest absolute Gasteiger partial charge is 0.366 e. The summed E-state index contributed by atoms with van der Waals surface area (Å²) in [5.41, 5.74) is 2.18. The highest BCUT2D eigenvalue weighted by Gasteiger charge is 2.07. The molecule has 0 aliphatic heterocycles. The van der Waals surface area contributed by atoms with Crippen molar-refractivity contribution in [1.29, 1.82) is 0 Å². The second-order valence-electron chi connectivity index (χ2n) is 4.78. The van der Waals surface area contributed by atoms with Crippen LogP contribution in [0.25, 0.3) is 0 Å². The average molecular weight is 305 g/mol. The van der Waals surface area contributed by atoms with Crippen LogP contribution in [0.15, 0.2) is 48.7 Å². The molecule has 1 aromatic heterocycles. The topological polar surface area (TPSA) is 62.3 Å². The van der Waals surface area contributed by atoms with Crippen LogP contribution in [-0.4, -0.2) is 26.2 Å². The number of nitrogens with zero attached hydrogens (tertiary/aromatic N) is 2. The Morgan fingerprint density at radius 2 is 1.86 bits per heavy atom. The van der Waals surface area contributed by atoms with Gasteiger partial charge in [0, 0.05) is 13.1 Å². The van der Waals surface area contributed by atoms with E-state index in [4.69, 9.17) is 0 Å². The van der Waals surface area contributed by atoms with Gasteiger partial charge >= 0.3 is 0 Å². The zero-order chi connectivity index (χ0) is 15.3. The first-order chi connectivity index (χ1) is 9.98. The summed E-state index contributed by atoms with van der Waals surface area (Å²) in [4.78, 5) is 6.32. The molecular weight excluding hydrogens is 286 g/mol. The van der Waals surface area contributed by atoms with Crippen molar-refractivity contribution in [2.45, 2.75) is 13.5 Å². The Kier molecular flexibility index (Phi) is 4.80. The second-order valence-corrected chi connectivity index (χ2v) is 6.52. The van der Waals surface area contributed by atoms with Crippen LogP contribution < -0.4 is 9.62 Å². The summed E-state index contributed by atoms with van der Waals surface area (Å²) in [7, 11) is -3.29. The number of benzene rings is 1. The molecule has 2 rings (SSSR count). The third-order valence-electron chi connectivity index (χ3n) is 3.00. The summed E-state index contributed by atoms with van der Waals surface area (Å²) in [6, 6.07) is 13.7. The number of aromatic nitrogens is 1. The van der Waals surface area contributed by atoms with Crippen molar-refractivity contribution in [1.82, 2.24) is 4.98 Å². The molecule has 0 bridgehead atoms. The zero-order valence-electron chi connectivity index (χ0n) is 12.2. The molecule has 0 amide bonds. The standard InChI is InChI=1S/C15H19N3O2S/c1-3-18(12-13-7-5-4-6-8-13)14-9-10-15(16-11-14)17-21(2,19)20/h4-11H,3,12H2,1-2H3,(H,16,17). The first kappa shape index (κ1) is 15.3. The smallest absolute Gasteiger partial charge is 0.230 e. The van der Waals surface area contributed by atoms with Gasteiger partial charge in [-0.25, -0.2) is 13.4 Å². The molecule has 112 valence electrons. The SMILES string of the molecule is CCN(Cc1ccccc1)c1ccc(NS(C)(=O)=O)nc1. The van der Waals surface area contributed by atoms with Crippen LogP contribution in [0.2, 0.25) is 0 Å². The third-order valence-corrected chi connectivity index (χ3v) is 3.58. The maximum Gasteiger partial charge on any atom is 0.230 e. The number of pyridine rings is 1. The van der Waals surface area contributed by atoms with Crippen LogP contribution in [0.1, 0.15) is 12.5 Å². The maximum atomic E-state index is 11.2. The molecule has 0 atom stereocenters. The van der Waals surface area contributed by atoms with Gasteiger partial charge in [-0.2, -0.15) is 0 Å². The van der Waals surface area contributed by atoms with Crippen LogP contribution in [-0.2, 0) is 16.6 Å². The van der Waals surface area contributed by atoms with E-state index in [0.717, 1.165) is 25.0 Å². The van der Waals surface area contributed by atoms with E-state index >= 15 is 0 Å². The maximum absolute atomic E-state index is 11.2. The third kappa shape index (κ3) is 4.75. The number of rotatable bonds is 6. The first-order valence-corrected chi connectivity index (χ1v) is 8.60. The molecule has 0 radical (unpaired) electrons. The van der Waals surface area contributed by atoms with Crippen molar-refractivity contribution in [3.8, 4) is 0 Å². The minimum atomic E-state index is -3.29. The van der Waals surface area contributed by atoms with Crippen molar-refractivity contribution in [3.63, 3.8) is 0 Å². The van der Waals surface area contributed by atoms with Crippen LogP contribution in [0.5, 0.6) is 0 Å². The van der Waals surface area contributed by atoms with Gasteiger partial charge < -0.3 is 4.90 Å². The van der Waals surface area contributed by atoms with Gasteiger partial charge in [-0.1, -0.05) is 30.3 Å². The first-order valence-electron chi connectivity index (χ1n) is 6.70. The minimum Gasteiger partial charge on any atom is -0.366 e. The van der Waals surface area contributed by atoms with Crippen LogP contribution >= 0.6 is 0 Å². The zero-order valence-corrected chi connectivity index (χ0v) is 13.0. The lowest BCUT2D eigenvalue weighted by molar-refractivity contribution is 0.606. The Morgan fingerprint density at radius 1 is 1.14 bits per heavy atom. The number of hydrogen-bond acceptors (Lipinski definition) is 4. The summed E-state index contributed by atoms with van der Waals surface area (Å²) in [5.74, 6) is 0.331. The summed E-state index contributed by atoms with van der Waals surface area (Å²) in [6.45, 7) is 3.71. The predicted octanol–water partition coefficient (Wildman–Crippen LogP) is 2.48. The molecule has 0 aliphatic rings. The lowest BCUT2D eigenvalue weighted by atomic mass is 10.2. The molecule has 0 spiro atoms. The van der Waals surface area contributed by atoms with E-state index < -0.39 is 10.0 Å². The van der Waals surface area contributed by atoms with Gasteiger partial charge in [-0.05, 0) is 24.6 Å². The fourth-order valence-corrected chi connectivity index (χ4v) is 2.51. The summed E-state index contributed by atoms with van der Waals surface area (Å²) in [5, 5.41) is 0. The van der Waals surface area contributed by atoms with Gasteiger partial charge in [0.1, 0.15) is 5.82 Å². The molecule has 1 N–H and O–H groups in total. The van der Waals surface area contributed by atoms with Crippen molar-refractivity contribution in [3.05, 3.63) is 54.2 Å². The van der Waals surface area contributed by atoms with E-state index in [2.05, 4.69) is 33.7 Å². The van der Waals surface area contributed by atoms with Gasteiger partial charge in [0.15, 0.2) is 0 Å². The van der Waals surface area contributed by atoms with Gasteiger partial charge in [0.05, 0.1) is 18.1 Å². The molecular formula is C15H19N3O2S. The van der Waals surface area contributed by atoms with Crippen LogP contribution in [0.3, 0.4) is 0 Å². The molecule has 0 saturated carbocycles. The predicted molar refractivity (Wildman–Crippen MR) is 85.9 cm³/mol. The van der Waals surface area contributed by atoms with E-state index in [9.17, 15) is 8.42 Å². The van der Waals surface area contributed by atoms with Gasteiger partial charge in [-0.3, -0.25) is 4.72 Å². The summed E-state index contributed by atoms with van der Waals surface area (Å²) < 4.78 is 24.7. The van der Waals surface area contributed by atoms with E-state index in [-0.39, 0.29) is 0 Å². The molecule has 5 nitrogen and oxygen atoms in total. The molecule has 0 unspecified atom stereocenters. The molecule has 21 heavy (non-hydrogen) atoms. The number of sulfonamides is 1. The highest BCUT2D eigenvalue weighted by atomic mass is 32.2. The summed E-state index contributed by atoms with van der Waals surface area (Å²) in [6.07, 6.45) is 2.79. The molecule has 0 fully saturated rings. The Bertz CT molecular complexity index is 670. The van der Waals surface area contributed by atoms with E-state index in [1.165, 1.54) is 5.56 Å². The molecule has 0 aliphatic carbocycles. The monoisotopic (exact) mass is 305 g/mol. The Labute approximate surface area is 125 Å². The van der Waals surface area contributed by atoms with Crippen LogP contribution in [0, 0.1) is 0 Å².